The van der Waals surface area contributed by atoms with Crippen LogP contribution in [-0.2, 0) is 4.79 Å². The molecule has 2 heterocycles. The summed E-state index contributed by atoms with van der Waals surface area (Å²) in [6.07, 6.45) is 1.82. The Balaban J connectivity index is 2.12. The zero-order chi connectivity index (χ0) is 11.0. The lowest BCUT2D eigenvalue weighted by molar-refractivity contribution is -0.110. The van der Waals surface area contributed by atoms with Crippen LogP contribution in [0.2, 0.25) is 0 Å². The first-order chi connectivity index (χ1) is 7.84. The smallest absolute Gasteiger partial charge is 0.256 e. The zero-order valence-corrected chi connectivity index (χ0v) is 9.12. The highest BCUT2D eigenvalue weighted by Gasteiger charge is 2.23. The summed E-state index contributed by atoms with van der Waals surface area (Å²) in [7, 11) is 0. The summed E-state index contributed by atoms with van der Waals surface area (Å²) in [6.45, 7) is 0. The molecule has 0 unspecified atom stereocenters. The number of carbonyl (C=O) groups excluding carboxylic acids is 1. The number of aromatic nitrogens is 1. The number of fused-ring (bicyclic) bond motifs is 1. The molecule has 78 valence electrons. The summed E-state index contributed by atoms with van der Waals surface area (Å²) in [5.74, 6) is -0.0609. The number of hydrogen-bond acceptors (Lipinski definition) is 3. The summed E-state index contributed by atoms with van der Waals surface area (Å²) in [5, 5.41) is 4.75. The van der Waals surface area contributed by atoms with Gasteiger partial charge < -0.3 is 5.32 Å². The van der Waals surface area contributed by atoms with E-state index in [4.69, 9.17) is 0 Å². The minimum Gasteiger partial charge on any atom is -0.321 e. The minimum absolute atomic E-state index is 0.0609. The lowest BCUT2D eigenvalue weighted by Gasteiger charge is -1.95. The maximum atomic E-state index is 11.8. The summed E-state index contributed by atoms with van der Waals surface area (Å²) in [4.78, 5) is 15.9. The average Bonchev–Trinajstić information content (AvgIpc) is 2.89. The van der Waals surface area contributed by atoms with Crippen LogP contribution in [0.5, 0.6) is 0 Å². The first kappa shape index (κ1) is 9.30. The maximum absolute atomic E-state index is 11.8. The molecule has 3 rings (SSSR count). The van der Waals surface area contributed by atoms with Crippen LogP contribution in [0.15, 0.2) is 35.2 Å². The van der Waals surface area contributed by atoms with Crippen molar-refractivity contribution < 1.29 is 4.79 Å². The molecule has 0 fully saturated rings. The monoisotopic (exact) mass is 228 g/mol. The molecule has 1 N–H and O–H groups in total. The van der Waals surface area contributed by atoms with Crippen LogP contribution in [0, 0.1) is 0 Å². The van der Waals surface area contributed by atoms with E-state index in [-0.39, 0.29) is 5.91 Å². The van der Waals surface area contributed by atoms with Crippen molar-refractivity contribution in [2.45, 2.75) is 0 Å². The Kier molecular flexibility index (Phi) is 2.08. The molecule has 0 radical (unpaired) electrons. The van der Waals surface area contributed by atoms with E-state index >= 15 is 0 Å². The molecule has 3 nitrogen and oxygen atoms in total. The van der Waals surface area contributed by atoms with Crippen molar-refractivity contribution in [1.29, 1.82) is 0 Å². The van der Waals surface area contributed by atoms with E-state index in [1.807, 2.05) is 35.7 Å². The van der Waals surface area contributed by atoms with Crippen molar-refractivity contribution in [2.75, 3.05) is 5.32 Å². The minimum atomic E-state index is -0.0609. The fourth-order valence-electron chi connectivity index (χ4n) is 1.72. The molecular formula is C12H8N2OS. The third-order valence-corrected chi connectivity index (χ3v) is 3.06. The first-order valence-corrected chi connectivity index (χ1v) is 5.79. The third-order valence-electron chi connectivity index (χ3n) is 2.45. The van der Waals surface area contributed by atoms with Crippen molar-refractivity contribution in [3.8, 4) is 0 Å². The topological polar surface area (TPSA) is 42.0 Å². The van der Waals surface area contributed by atoms with Gasteiger partial charge >= 0.3 is 0 Å². The van der Waals surface area contributed by atoms with Gasteiger partial charge in [0.1, 0.15) is 0 Å². The molecule has 0 bridgehead atoms. The second-order valence-electron chi connectivity index (χ2n) is 3.47. The molecule has 4 heteroatoms. The number of rotatable bonds is 1. The van der Waals surface area contributed by atoms with E-state index in [2.05, 4.69) is 10.3 Å². The molecule has 1 aliphatic heterocycles. The molecule has 1 aliphatic rings. The van der Waals surface area contributed by atoms with E-state index in [0.717, 1.165) is 16.9 Å². The van der Waals surface area contributed by atoms with Crippen molar-refractivity contribution in [2.24, 2.45) is 0 Å². The number of hydrogen-bond donors (Lipinski definition) is 1. The Morgan fingerprint density at radius 3 is 3.00 bits per heavy atom. The van der Waals surface area contributed by atoms with E-state index in [0.29, 0.717) is 5.57 Å². The normalized spacial score (nSPS) is 16.2. The second-order valence-corrected chi connectivity index (χ2v) is 4.19. The van der Waals surface area contributed by atoms with E-state index in [9.17, 15) is 4.79 Å². The van der Waals surface area contributed by atoms with Crippen molar-refractivity contribution in [3.05, 3.63) is 46.4 Å². The highest BCUT2D eigenvalue weighted by molar-refractivity contribution is 7.07. The van der Waals surface area contributed by atoms with Crippen LogP contribution in [0.4, 0.5) is 5.69 Å². The summed E-state index contributed by atoms with van der Waals surface area (Å²) >= 11 is 1.52. The van der Waals surface area contributed by atoms with Crippen LogP contribution in [-0.4, -0.2) is 10.9 Å². The Labute approximate surface area is 96.5 Å². The number of anilines is 1. The molecule has 2 aromatic rings. The highest BCUT2D eigenvalue weighted by Crippen LogP contribution is 2.32. The molecule has 0 spiro atoms. The van der Waals surface area contributed by atoms with Gasteiger partial charge in [-0.3, -0.25) is 4.79 Å². The number of thiazole rings is 1. The van der Waals surface area contributed by atoms with Gasteiger partial charge in [-0.1, -0.05) is 18.2 Å². The Morgan fingerprint density at radius 2 is 2.19 bits per heavy atom. The van der Waals surface area contributed by atoms with Gasteiger partial charge in [-0.25, -0.2) is 4.98 Å². The molecule has 0 saturated carbocycles. The van der Waals surface area contributed by atoms with Crippen LogP contribution in [0.3, 0.4) is 0 Å². The fourth-order valence-corrected chi connectivity index (χ4v) is 2.24. The number of carbonyl (C=O) groups is 1. The van der Waals surface area contributed by atoms with E-state index < -0.39 is 0 Å². The predicted molar refractivity (Wildman–Crippen MR) is 65.1 cm³/mol. The quantitative estimate of drug-likeness (QED) is 0.762. The van der Waals surface area contributed by atoms with E-state index in [1.165, 1.54) is 11.3 Å². The fraction of sp³-hybridized carbons (Fsp3) is 0. The van der Waals surface area contributed by atoms with Gasteiger partial charge in [-0.15, -0.1) is 11.3 Å². The molecule has 16 heavy (non-hydrogen) atoms. The number of para-hydroxylation sites is 1. The van der Waals surface area contributed by atoms with Crippen molar-refractivity contribution in [1.82, 2.24) is 4.98 Å². The molecule has 1 aromatic heterocycles. The summed E-state index contributed by atoms with van der Waals surface area (Å²) < 4.78 is 0. The van der Waals surface area contributed by atoms with Crippen LogP contribution in [0.1, 0.15) is 11.3 Å². The highest BCUT2D eigenvalue weighted by atomic mass is 32.1. The second kappa shape index (κ2) is 3.57. The Hall–Kier alpha value is -1.94. The number of amides is 1. The van der Waals surface area contributed by atoms with Gasteiger partial charge in [-0.2, -0.15) is 0 Å². The van der Waals surface area contributed by atoms with Gasteiger partial charge in [0.2, 0.25) is 0 Å². The molecule has 0 aliphatic carbocycles. The zero-order valence-electron chi connectivity index (χ0n) is 8.31. The average molecular weight is 228 g/mol. The molecule has 0 saturated heterocycles. The lowest BCUT2D eigenvalue weighted by Crippen LogP contribution is -2.03. The standard InChI is InChI=1S/C12H8N2OS/c15-12-10(5-8-6-16-7-13-8)9-3-1-2-4-11(9)14-12/h1-7H,(H,14,15)/b10-5-. The SMILES string of the molecule is O=C1Nc2ccccc2/C1=C/c1cscn1. The molecule has 1 amide bonds. The maximum Gasteiger partial charge on any atom is 0.256 e. The molecule has 0 atom stereocenters. The van der Waals surface area contributed by atoms with Gasteiger partial charge in [0.15, 0.2) is 0 Å². The van der Waals surface area contributed by atoms with Crippen LogP contribution in [0.25, 0.3) is 11.6 Å². The Morgan fingerprint density at radius 1 is 1.31 bits per heavy atom. The Bertz CT molecular complexity index is 572. The number of nitrogens with zero attached hydrogens (tertiary/aromatic N) is 1. The third kappa shape index (κ3) is 1.44. The van der Waals surface area contributed by atoms with Crippen molar-refractivity contribution in [3.63, 3.8) is 0 Å². The summed E-state index contributed by atoms with van der Waals surface area (Å²) in [5.41, 5.74) is 5.08. The van der Waals surface area contributed by atoms with E-state index in [1.54, 1.807) is 5.51 Å². The van der Waals surface area contributed by atoms with Crippen LogP contribution >= 0.6 is 11.3 Å². The summed E-state index contributed by atoms with van der Waals surface area (Å²) in [6, 6.07) is 7.67. The van der Waals surface area contributed by atoms with Gasteiger partial charge in [-0.05, 0) is 12.1 Å². The van der Waals surface area contributed by atoms with Gasteiger partial charge in [0, 0.05) is 16.6 Å². The lowest BCUT2D eigenvalue weighted by atomic mass is 10.1. The molecular weight excluding hydrogens is 220 g/mol. The largest absolute Gasteiger partial charge is 0.321 e. The number of nitrogens with one attached hydrogen (secondary N) is 1. The number of benzene rings is 1. The molecule has 1 aromatic carbocycles. The van der Waals surface area contributed by atoms with Crippen LogP contribution < -0.4 is 5.32 Å². The van der Waals surface area contributed by atoms with Gasteiger partial charge in [0.05, 0.1) is 16.8 Å². The first-order valence-electron chi connectivity index (χ1n) is 4.85. The predicted octanol–water partition coefficient (Wildman–Crippen LogP) is 2.64. The van der Waals surface area contributed by atoms with Crippen molar-refractivity contribution >= 4 is 34.6 Å². The van der Waals surface area contributed by atoms with Gasteiger partial charge in [0.25, 0.3) is 5.91 Å².